The molecule has 0 fully saturated rings. The smallest absolute Gasteiger partial charge is 0.501 e. The van der Waals surface area contributed by atoms with Crippen LogP contribution < -0.4 is 9.80 Å². The Kier molecular flexibility index (Phi) is 8.44. The van der Waals surface area contributed by atoms with E-state index in [-0.39, 0.29) is 36.4 Å². The summed E-state index contributed by atoms with van der Waals surface area (Å²) in [5.41, 5.74) is 12.1. The van der Waals surface area contributed by atoms with E-state index < -0.39 is 0 Å². The monoisotopic (exact) mass is 747 g/mol. The number of rotatable bonds is 3. The fraction of sp³-hybridized carbons (Fsp3) is 0.385. The molecule has 4 aromatic rings. The molecule has 0 bridgehead atoms. The van der Waals surface area contributed by atoms with Crippen LogP contribution in [0.25, 0.3) is 11.3 Å². The minimum absolute atomic E-state index is 0. The molecule has 2 aliphatic heterocycles. The van der Waals surface area contributed by atoms with Crippen LogP contribution in [-0.4, -0.2) is 11.5 Å². The molecule has 43 heavy (non-hydrogen) atoms. The third-order valence-electron chi connectivity index (χ3n) is 9.46. The summed E-state index contributed by atoms with van der Waals surface area (Å²) >= 11 is 0. The van der Waals surface area contributed by atoms with Gasteiger partial charge in [-0.3, -0.25) is 0 Å². The SMILES string of the molecule is CC(C)CN1[CH-]N2c3[c-]c4c(cc3C(C)(C)c3cccc1c32)C(C)(C)CCC4(C)C.[Ir+3].[c-]1ccccc1-c1ccccn1. The average molecular weight is 747 g/mol. The molecule has 3 aliphatic rings. The second-order valence-electron chi connectivity index (χ2n) is 14.4. The van der Waals surface area contributed by atoms with Crippen molar-refractivity contribution in [2.24, 2.45) is 5.92 Å². The van der Waals surface area contributed by atoms with Gasteiger partial charge >= 0.3 is 20.1 Å². The normalized spacial score (nSPS) is 18.1. The molecule has 1 aromatic heterocycles. The number of fused-ring (bicyclic) bond motifs is 3. The van der Waals surface area contributed by atoms with Crippen molar-refractivity contribution >= 4 is 17.1 Å². The summed E-state index contributed by atoms with van der Waals surface area (Å²) in [7, 11) is 0. The molecule has 0 saturated carbocycles. The van der Waals surface area contributed by atoms with Crippen LogP contribution in [0.5, 0.6) is 0 Å². The number of benzene rings is 3. The van der Waals surface area contributed by atoms with Gasteiger partial charge in [0.1, 0.15) is 0 Å². The second kappa shape index (κ2) is 11.5. The standard InChI is InChI=1S/C28H36N2.C11H8N.Ir/c1-18(2)16-29-17-30-24-15-21-20(26(3,4)12-13-27(21,5)6)14-22(24)28(7,8)19-10-9-11-23(29)25(19)30;1-2-6-10(7-3-1)11-8-4-5-9-12-11;/h9-11,14,17-18H,12-13,16H2,1-8H3;1-6,8-9H;/q-2;-1;+3. The molecule has 0 radical (unpaired) electrons. The molecule has 1 aliphatic carbocycles. The van der Waals surface area contributed by atoms with Gasteiger partial charge in [-0.2, -0.15) is 24.4 Å². The van der Waals surface area contributed by atoms with Crippen molar-refractivity contribution in [3.8, 4) is 11.3 Å². The van der Waals surface area contributed by atoms with Gasteiger partial charge in [0, 0.05) is 17.6 Å². The maximum absolute atomic E-state index is 4.22. The van der Waals surface area contributed by atoms with E-state index in [4.69, 9.17) is 0 Å². The predicted molar refractivity (Wildman–Crippen MR) is 176 cm³/mol. The zero-order valence-corrected chi connectivity index (χ0v) is 29.3. The first kappa shape index (κ1) is 31.5. The van der Waals surface area contributed by atoms with E-state index in [1.165, 1.54) is 52.2 Å². The quantitative estimate of drug-likeness (QED) is 0.195. The number of anilines is 3. The van der Waals surface area contributed by atoms with E-state index in [9.17, 15) is 0 Å². The average Bonchev–Trinajstić information content (AvgIpc) is 3.33. The van der Waals surface area contributed by atoms with E-state index in [1.807, 2.05) is 42.5 Å². The first-order chi connectivity index (χ1) is 19.9. The molecule has 0 N–H and O–H groups in total. The van der Waals surface area contributed by atoms with Gasteiger partial charge in [0.25, 0.3) is 0 Å². The molecule has 3 nitrogen and oxygen atoms in total. The number of nitrogens with zero attached hydrogens (tertiary/aromatic N) is 3. The number of hydrogen-bond donors (Lipinski definition) is 0. The van der Waals surface area contributed by atoms with E-state index in [1.54, 1.807) is 6.20 Å². The van der Waals surface area contributed by atoms with Crippen LogP contribution in [0.1, 0.15) is 90.5 Å². The first-order valence-electron chi connectivity index (χ1n) is 15.4. The Labute approximate surface area is 273 Å². The summed E-state index contributed by atoms with van der Waals surface area (Å²) in [5, 5.41) is 0. The van der Waals surface area contributed by atoms with Gasteiger partial charge in [-0.25, -0.2) is 0 Å². The Hall–Kier alpha value is -2.94. The molecule has 0 unspecified atom stereocenters. The molecule has 4 heteroatoms. The zero-order chi connectivity index (χ0) is 29.9. The predicted octanol–water partition coefficient (Wildman–Crippen LogP) is 9.75. The van der Waals surface area contributed by atoms with Crippen LogP contribution in [0.3, 0.4) is 0 Å². The summed E-state index contributed by atoms with van der Waals surface area (Å²) in [6, 6.07) is 30.2. The van der Waals surface area contributed by atoms with Gasteiger partial charge < -0.3 is 14.8 Å². The van der Waals surface area contributed by atoms with E-state index >= 15 is 0 Å². The Morgan fingerprint density at radius 2 is 1.60 bits per heavy atom. The first-order valence-corrected chi connectivity index (χ1v) is 15.4. The largest absolute Gasteiger partial charge is 3.00 e. The number of hydrogen-bond acceptors (Lipinski definition) is 3. The molecule has 7 rings (SSSR count). The van der Waals surface area contributed by atoms with Crippen LogP contribution in [0.4, 0.5) is 17.1 Å². The van der Waals surface area contributed by atoms with E-state index in [2.05, 4.69) is 113 Å². The number of pyridine rings is 1. The van der Waals surface area contributed by atoms with Crippen molar-refractivity contribution in [1.29, 1.82) is 0 Å². The van der Waals surface area contributed by atoms with Gasteiger partial charge in [0.05, 0.1) is 0 Å². The van der Waals surface area contributed by atoms with Gasteiger partial charge in [-0.1, -0.05) is 97.2 Å². The Morgan fingerprint density at radius 1 is 0.860 bits per heavy atom. The van der Waals surface area contributed by atoms with Crippen LogP contribution >= 0.6 is 0 Å². The van der Waals surface area contributed by atoms with E-state index in [0.717, 1.165) is 17.8 Å². The molecule has 3 heterocycles. The minimum Gasteiger partial charge on any atom is -0.501 e. The fourth-order valence-electron chi connectivity index (χ4n) is 6.86. The van der Waals surface area contributed by atoms with Crippen molar-refractivity contribution in [1.82, 2.24) is 4.98 Å². The molecule has 3 aromatic carbocycles. The van der Waals surface area contributed by atoms with Crippen molar-refractivity contribution in [2.45, 2.75) is 84.5 Å². The van der Waals surface area contributed by atoms with Crippen LogP contribution in [0.2, 0.25) is 0 Å². The summed E-state index contributed by atoms with van der Waals surface area (Å²) < 4.78 is 0. The third kappa shape index (κ3) is 5.58. The van der Waals surface area contributed by atoms with Crippen molar-refractivity contribution in [3.05, 3.63) is 114 Å². The van der Waals surface area contributed by atoms with Crippen LogP contribution in [0, 0.1) is 24.7 Å². The van der Waals surface area contributed by atoms with E-state index in [0.29, 0.717) is 5.92 Å². The second-order valence-corrected chi connectivity index (χ2v) is 14.4. The maximum atomic E-state index is 4.22. The molecule has 224 valence electrons. The molecule has 0 saturated heterocycles. The van der Waals surface area contributed by atoms with Crippen molar-refractivity contribution < 1.29 is 20.1 Å². The molecule has 0 atom stereocenters. The summed E-state index contributed by atoms with van der Waals surface area (Å²) in [6.07, 6.45) is 4.24. The van der Waals surface area contributed by atoms with Gasteiger partial charge in [0.2, 0.25) is 0 Å². The Morgan fingerprint density at radius 3 is 2.28 bits per heavy atom. The summed E-state index contributed by atoms with van der Waals surface area (Å²) in [5.74, 6) is 0.609. The summed E-state index contributed by atoms with van der Waals surface area (Å²) in [4.78, 5) is 9.10. The summed E-state index contributed by atoms with van der Waals surface area (Å²) in [6.45, 7) is 22.4. The molecule has 0 amide bonds. The molecular weight excluding hydrogens is 703 g/mol. The zero-order valence-electron chi connectivity index (χ0n) is 26.9. The topological polar surface area (TPSA) is 19.4 Å². The maximum Gasteiger partial charge on any atom is 3.00 e. The molecule has 0 spiro atoms. The Balaban J connectivity index is 0.000000238. The van der Waals surface area contributed by atoms with Crippen LogP contribution in [0.15, 0.2) is 72.9 Å². The minimum atomic E-state index is -0.0396. The van der Waals surface area contributed by atoms with Gasteiger partial charge in [-0.05, 0) is 53.1 Å². The van der Waals surface area contributed by atoms with Crippen LogP contribution in [-0.2, 0) is 36.4 Å². The number of para-hydroxylation sites is 1. The van der Waals surface area contributed by atoms with Crippen molar-refractivity contribution in [2.75, 3.05) is 16.3 Å². The Bertz CT molecular complexity index is 1550. The third-order valence-corrected chi connectivity index (χ3v) is 9.46. The molecular formula is C39H44IrN3. The van der Waals surface area contributed by atoms with Gasteiger partial charge in [0.15, 0.2) is 0 Å². The fourth-order valence-corrected chi connectivity index (χ4v) is 6.86. The number of aromatic nitrogens is 1. The van der Waals surface area contributed by atoms with Gasteiger partial charge in [-0.15, -0.1) is 47.0 Å². The van der Waals surface area contributed by atoms with Crippen molar-refractivity contribution in [3.63, 3.8) is 0 Å².